The summed E-state index contributed by atoms with van der Waals surface area (Å²) >= 11 is 0. The fourth-order valence-electron chi connectivity index (χ4n) is 1.93. The average Bonchev–Trinajstić information content (AvgIpc) is 2.82. The van der Waals surface area contributed by atoms with E-state index in [1.807, 2.05) is 6.92 Å². The highest BCUT2D eigenvalue weighted by atomic mass is 32.2. The molecule has 21 heavy (non-hydrogen) atoms. The molecular weight excluding hydrogens is 295 g/mol. The number of aromatic nitrogens is 2. The molecule has 2 aromatic rings. The molecule has 0 unspecified atom stereocenters. The standard InChI is InChI=1S/C13H17FN4O2S/c1-3-18-8-13(16-9(18)2)21(19,20)17-11-4-5-12(14)10(6-11)7-15/h4-6,8,17H,3,7,15H2,1-2H3. The van der Waals surface area contributed by atoms with Crippen molar-refractivity contribution in [1.82, 2.24) is 9.55 Å². The Morgan fingerprint density at radius 2 is 2.14 bits per heavy atom. The first-order valence-electron chi connectivity index (χ1n) is 6.42. The fourth-order valence-corrected chi connectivity index (χ4v) is 2.99. The normalized spacial score (nSPS) is 11.6. The zero-order chi connectivity index (χ0) is 15.6. The van der Waals surface area contributed by atoms with Crippen molar-refractivity contribution in [3.63, 3.8) is 0 Å². The van der Waals surface area contributed by atoms with E-state index in [2.05, 4.69) is 9.71 Å². The number of hydrogen-bond acceptors (Lipinski definition) is 4. The van der Waals surface area contributed by atoms with E-state index in [1.54, 1.807) is 11.5 Å². The Kier molecular flexibility index (Phi) is 4.29. The third kappa shape index (κ3) is 3.22. The number of sulfonamides is 1. The maximum Gasteiger partial charge on any atom is 0.280 e. The van der Waals surface area contributed by atoms with Crippen LogP contribution in [0, 0.1) is 12.7 Å². The van der Waals surface area contributed by atoms with Gasteiger partial charge in [-0.25, -0.2) is 9.37 Å². The Morgan fingerprint density at radius 3 is 2.71 bits per heavy atom. The van der Waals surface area contributed by atoms with E-state index >= 15 is 0 Å². The minimum Gasteiger partial charge on any atom is -0.334 e. The molecular formula is C13H17FN4O2S. The highest BCUT2D eigenvalue weighted by Crippen LogP contribution is 2.18. The van der Waals surface area contributed by atoms with E-state index in [9.17, 15) is 12.8 Å². The highest BCUT2D eigenvalue weighted by Gasteiger charge is 2.19. The topological polar surface area (TPSA) is 90.0 Å². The van der Waals surface area contributed by atoms with Crippen molar-refractivity contribution in [3.05, 3.63) is 41.6 Å². The molecule has 3 N–H and O–H groups in total. The second-order valence-electron chi connectivity index (χ2n) is 4.53. The summed E-state index contributed by atoms with van der Waals surface area (Å²) in [6.45, 7) is 4.24. The molecule has 0 radical (unpaired) electrons. The third-order valence-electron chi connectivity index (χ3n) is 3.09. The Balaban J connectivity index is 2.32. The maximum atomic E-state index is 13.4. The predicted molar refractivity (Wildman–Crippen MR) is 77.7 cm³/mol. The van der Waals surface area contributed by atoms with Crippen LogP contribution in [0.4, 0.5) is 10.1 Å². The Hall–Kier alpha value is -1.93. The SMILES string of the molecule is CCn1cc(S(=O)(=O)Nc2ccc(F)c(CN)c2)nc1C. The van der Waals surface area contributed by atoms with Crippen LogP contribution in [-0.4, -0.2) is 18.0 Å². The quantitative estimate of drug-likeness (QED) is 0.877. The predicted octanol–water partition coefficient (Wildman–Crippen LogP) is 1.61. The number of rotatable bonds is 5. The van der Waals surface area contributed by atoms with E-state index in [-0.39, 0.29) is 22.8 Å². The second-order valence-corrected chi connectivity index (χ2v) is 6.16. The molecule has 1 heterocycles. The Bertz CT molecular complexity index is 756. The first kappa shape index (κ1) is 15.5. The van der Waals surface area contributed by atoms with Crippen LogP contribution >= 0.6 is 0 Å². The molecule has 0 atom stereocenters. The molecule has 6 nitrogen and oxygen atoms in total. The first-order valence-corrected chi connectivity index (χ1v) is 7.90. The van der Waals surface area contributed by atoms with Gasteiger partial charge < -0.3 is 10.3 Å². The third-order valence-corrected chi connectivity index (χ3v) is 4.34. The number of anilines is 1. The average molecular weight is 312 g/mol. The molecule has 1 aromatic heterocycles. The molecule has 2 rings (SSSR count). The summed E-state index contributed by atoms with van der Waals surface area (Å²) in [5, 5.41) is -0.0690. The van der Waals surface area contributed by atoms with E-state index in [0.29, 0.717) is 12.4 Å². The molecule has 0 bridgehead atoms. The highest BCUT2D eigenvalue weighted by molar-refractivity contribution is 7.92. The molecule has 114 valence electrons. The van der Waals surface area contributed by atoms with Gasteiger partial charge in [0.15, 0.2) is 5.03 Å². The molecule has 0 fully saturated rings. The first-order chi connectivity index (χ1) is 9.87. The van der Waals surface area contributed by atoms with Gasteiger partial charge in [-0.15, -0.1) is 0 Å². The minimum atomic E-state index is -3.81. The lowest BCUT2D eigenvalue weighted by molar-refractivity contribution is 0.597. The number of benzene rings is 1. The van der Waals surface area contributed by atoms with Crippen LogP contribution in [-0.2, 0) is 23.1 Å². The van der Waals surface area contributed by atoms with Crippen LogP contribution in [0.25, 0.3) is 0 Å². The van der Waals surface area contributed by atoms with Gasteiger partial charge in [0.05, 0.1) is 0 Å². The van der Waals surface area contributed by atoms with Gasteiger partial charge in [-0.3, -0.25) is 4.72 Å². The van der Waals surface area contributed by atoms with Crippen molar-refractivity contribution in [1.29, 1.82) is 0 Å². The van der Waals surface area contributed by atoms with Gasteiger partial charge in [-0.2, -0.15) is 8.42 Å². The number of nitrogens with one attached hydrogen (secondary N) is 1. The van der Waals surface area contributed by atoms with Crippen molar-refractivity contribution >= 4 is 15.7 Å². The summed E-state index contributed by atoms with van der Waals surface area (Å²) in [5.41, 5.74) is 5.89. The van der Waals surface area contributed by atoms with Crippen LogP contribution in [0.1, 0.15) is 18.3 Å². The summed E-state index contributed by atoms with van der Waals surface area (Å²) in [6.07, 6.45) is 1.46. The van der Waals surface area contributed by atoms with Crippen molar-refractivity contribution in [3.8, 4) is 0 Å². The summed E-state index contributed by atoms with van der Waals surface area (Å²) < 4.78 is 42.0. The van der Waals surface area contributed by atoms with Gasteiger partial charge in [0.1, 0.15) is 11.6 Å². The maximum absolute atomic E-state index is 13.4. The van der Waals surface area contributed by atoms with Gasteiger partial charge in [0.2, 0.25) is 0 Å². The Morgan fingerprint density at radius 1 is 1.43 bits per heavy atom. The number of halogens is 1. The lowest BCUT2D eigenvalue weighted by Crippen LogP contribution is -2.14. The molecule has 0 aliphatic rings. The van der Waals surface area contributed by atoms with Crippen LogP contribution in [0.15, 0.2) is 29.4 Å². The van der Waals surface area contributed by atoms with Gasteiger partial charge in [0, 0.05) is 30.5 Å². The number of nitrogens with two attached hydrogens (primary N) is 1. The van der Waals surface area contributed by atoms with E-state index in [4.69, 9.17) is 5.73 Å². The van der Waals surface area contributed by atoms with E-state index < -0.39 is 15.8 Å². The van der Waals surface area contributed by atoms with Crippen LogP contribution < -0.4 is 10.5 Å². The van der Waals surface area contributed by atoms with Crippen LogP contribution in [0.2, 0.25) is 0 Å². The number of hydrogen-bond donors (Lipinski definition) is 2. The number of aryl methyl sites for hydroxylation is 2. The lowest BCUT2D eigenvalue weighted by Gasteiger charge is -2.08. The van der Waals surface area contributed by atoms with E-state index in [0.717, 1.165) is 0 Å². The fraction of sp³-hybridized carbons (Fsp3) is 0.308. The Labute approximate surface area is 122 Å². The van der Waals surface area contributed by atoms with Gasteiger partial charge >= 0.3 is 0 Å². The summed E-state index contributed by atoms with van der Waals surface area (Å²) in [6, 6.07) is 3.89. The van der Waals surface area contributed by atoms with E-state index in [1.165, 1.54) is 24.4 Å². The zero-order valence-corrected chi connectivity index (χ0v) is 12.6. The van der Waals surface area contributed by atoms with Crippen molar-refractivity contribution in [2.45, 2.75) is 32.0 Å². The molecule has 0 aliphatic heterocycles. The van der Waals surface area contributed by atoms with Gasteiger partial charge in [0.25, 0.3) is 10.0 Å². The summed E-state index contributed by atoms with van der Waals surface area (Å²) in [5.74, 6) is 0.145. The van der Waals surface area contributed by atoms with Crippen LogP contribution in [0.3, 0.4) is 0 Å². The minimum absolute atomic E-state index is 0.00896. The smallest absolute Gasteiger partial charge is 0.280 e. The van der Waals surface area contributed by atoms with Crippen molar-refractivity contribution in [2.75, 3.05) is 4.72 Å². The molecule has 0 amide bonds. The monoisotopic (exact) mass is 312 g/mol. The second kappa shape index (κ2) is 5.82. The lowest BCUT2D eigenvalue weighted by atomic mass is 10.2. The van der Waals surface area contributed by atoms with Crippen molar-refractivity contribution < 1.29 is 12.8 Å². The number of imidazole rings is 1. The summed E-state index contributed by atoms with van der Waals surface area (Å²) in [7, 11) is -3.81. The van der Waals surface area contributed by atoms with Gasteiger partial charge in [-0.1, -0.05) is 0 Å². The van der Waals surface area contributed by atoms with Crippen molar-refractivity contribution in [2.24, 2.45) is 5.73 Å². The molecule has 0 spiro atoms. The summed E-state index contributed by atoms with van der Waals surface area (Å²) in [4.78, 5) is 4.02. The molecule has 0 saturated carbocycles. The zero-order valence-electron chi connectivity index (χ0n) is 11.8. The molecule has 0 aliphatic carbocycles. The molecule has 0 saturated heterocycles. The molecule has 1 aromatic carbocycles. The largest absolute Gasteiger partial charge is 0.334 e. The van der Waals surface area contributed by atoms with Gasteiger partial charge in [-0.05, 0) is 32.0 Å². The van der Waals surface area contributed by atoms with Crippen LogP contribution in [0.5, 0.6) is 0 Å². The molecule has 8 heteroatoms. The number of nitrogens with zero attached hydrogens (tertiary/aromatic N) is 2.